The summed E-state index contributed by atoms with van der Waals surface area (Å²) in [4.78, 5) is 0.169. The number of guanidine groups is 1. The van der Waals surface area contributed by atoms with Crippen LogP contribution < -0.4 is 10.6 Å². The minimum Gasteiger partial charge on any atom is -0.325 e. The number of rotatable bonds is 4. The second kappa shape index (κ2) is 7.53. The van der Waals surface area contributed by atoms with Gasteiger partial charge >= 0.3 is 0 Å². The summed E-state index contributed by atoms with van der Waals surface area (Å²) >= 11 is 0. The first-order chi connectivity index (χ1) is 14.9. The molecule has 0 spiro atoms. The molecular formula is C23H25N5O2S. The minimum atomic E-state index is -3.83. The van der Waals surface area contributed by atoms with Crippen LogP contribution in [-0.4, -0.2) is 24.2 Å². The fourth-order valence-electron chi connectivity index (χ4n) is 3.90. The maximum atomic E-state index is 12.9. The normalized spacial score (nSPS) is 17.5. The Morgan fingerprint density at radius 1 is 1.13 bits per heavy atom. The molecule has 2 N–H and O–H groups in total. The van der Waals surface area contributed by atoms with E-state index in [9.17, 15) is 8.42 Å². The van der Waals surface area contributed by atoms with Gasteiger partial charge in [0.2, 0.25) is 5.96 Å². The third-order valence-corrected chi connectivity index (χ3v) is 7.28. The first-order valence-electron chi connectivity index (χ1n) is 10.6. The second-order valence-corrected chi connectivity index (χ2v) is 9.99. The van der Waals surface area contributed by atoms with Gasteiger partial charge in [0.05, 0.1) is 17.9 Å². The number of fused-ring (bicyclic) bond motifs is 1. The summed E-state index contributed by atoms with van der Waals surface area (Å²) in [6.07, 6.45) is 7.29. The van der Waals surface area contributed by atoms with E-state index in [1.54, 1.807) is 18.3 Å². The van der Waals surface area contributed by atoms with Crippen LogP contribution in [0.2, 0.25) is 0 Å². The van der Waals surface area contributed by atoms with Crippen molar-refractivity contribution in [2.75, 3.05) is 10.6 Å². The van der Waals surface area contributed by atoms with Gasteiger partial charge in [0.15, 0.2) is 0 Å². The van der Waals surface area contributed by atoms with Crippen molar-refractivity contribution in [2.24, 2.45) is 4.40 Å². The molecule has 2 heterocycles. The van der Waals surface area contributed by atoms with E-state index < -0.39 is 10.0 Å². The molecule has 1 aromatic heterocycles. The van der Waals surface area contributed by atoms with Crippen LogP contribution in [0.5, 0.6) is 0 Å². The predicted octanol–water partition coefficient (Wildman–Crippen LogP) is 4.98. The molecule has 7 nitrogen and oxygen atoms in total. The lowest BCUT2D eigenvalue weighted by atomic mass is 9.93. The van der Waals surface area contributed by atoms with Crippen molar-refractivity contribution in [3.05, 3.63) is 60.4 Å². The van der Waals surface area contributed by atoms with Gasteiger partial charge in [-0.3, -0.25) is 4.68 Å². The van der Waals surface area contributed by atoms with Crippen molar-refractivity contribution < 1.29 is 8.42 Å². The van der Waals surface area contributed by atoms with Gasteiger partial charge in [0, 0.05) is 23.0 Å². The van der Waals surface area contributed by atoms with Crippen molar-refractivity contribution in [2.45, 2.75) is 50.0 Å². The van der Waals surface area contributed by atoms with Crippen LogP contribution in [-0.2, 0) is 10.0 Å². The number of anilines is 2. The average Bonchev–Trinajstić information content (AvgIpc) is 3.15. The van der Waals surface area contributed by atoms with Crippen molar-refractivity contribution >= 4 is 27.4 Å². The number of nitrogens with zero attached hydrogens (tertiary/aromatic N) is 3. The molecular weight excluding hydrogens is 410 g/mol. The summed E-state index contributed by atoms with van der Waals surface area (Å²) in [6.45, 7) is 4.26. The molecule has 0 saturated heterocycles. The van der Waals surface area contributed by atoms with E-state index in [1.807, 2.05) is 41.2 Å². The van der Waals surface area contributed by atoms with Gasteiger partial charge in [0.1, 0.15) is 4.90 Å². The summed E-state index contributed by atoms with van der Waals surface area (Å²) in [6, 6.07) is 13.6. The smallest absolute Gasteiger partial charge is 0.287 e. The molecule has 2 aromatic carbocycles. The molecule has 0 radical (unpaired) electrons. The highest BCUT2D eigenvalue weighted by molar-refractivity contribution is 7.90. The number of sulfonamides is 1. The molecule has 0 amide bonds. The monoisotopic (exact) mass is 435 g/mol. The minimum absolute atomic E-state index is 0.169. The molecule has 1 saturated carbocycles. The van der Waals surface area contributed by atoms with Gasteiger partial charge in [-0.1, -0.05) is 38.1 Å². The van der Waals surface area contributed by atoms with E-state index in [-0.39, 0.29) is 10.9 Å². The topological polar surface area (TPSA) is 88.4 Å². The predicted molar refractivity (Wildman–Crippen MR) is 123 cm³/mol. The number of hydrogen-bond acceptors (Lipinski definition) is 5. The van der Waals surface area contributed by atoms with Crippen LogP contribution in [0.1, 0.15) is 50.6 Å². The third-order valence-electron chi connectivity index (χ3n) is 5.96. The first-order valence-corrected chi connectivity index (χ1v) is 12.0. The average molecular weight is 436 g/mol. The van der Waals surface area contributed by atoms with Gasteiger partial charge in [-0.25, -0.2) is 0 Å². The molecule has 31 heavy (non-hydrogen) atoms. The van der Waals surface area contributed by atoms with Crippen LogP contribution >= 0.6 is 0 Å². The molecule has 2 aliphatic rings. The van der Waals surface area contributed by atoms with E-state index in [0.29, 0.717) is 17.6 Å². The van der Waals surface area contributed by atoms with Crippen molar-refractivity contribution in [1.29, 1.82) is 0 Å². The summed E-state index contributed by atoms with van der Waals surface area (Å²) in [7, 11) is -3.83. The lowest BCUT2D eigenvalue weighted by molar-refractivity contribution is 0.289. The summed E-state index contributed by atoms with van der Waals surface area (Å²) in [5, 5.41) is 10.8. The first kappa shape index (κ1) is 19.8. The zero-order chi connectivity index (χ0) is 21.6. The van der Waals surface area contributed by atoms with Gasteiger partial charge < -0.3 is 10.6 Å². The van der Waals surface area contributed by atoms with Crippen LogP contribution in [0, 0.1) is 0 Å². The van der Waals surface area contributed by atoms with Crippen molar-refractivity contribution in [1.82, 2.24) is 9.78 Å². The highest BCUT2D eigenvalue weighted by Gasteiger charge is 2.28. The quantitative estimate of drug-likeness (QED) is 0.603. The summed E-state index contributed by atoms with van der Waals surface area (Å²) < 4.78 is 31.7. The third kappa shape index (κ3) is 3.72. The molecule has 0 bridgehead atoms. The van der Waals surface area contributed by atoms with E-state index in [0.717, 1.165) is 29.7 Å². The Hall–Kier alpha value is -3.13. The maximum Gasteiger partial charge on any atom is 0.287 e. The second-order valence-electron chi connectivity index (χ2n) is 8.41. The maximum absolute atomic E-state index is 12.9. The fraction of sp³-hybridized carbons (Fsp3) is 0.304. The van der Waals surface area contributed by atoms with E-state index in [1.165, 1.54) is 12.0 Å². The van der Waals surface area contributed by atoms with Gasteiger partial charge in [-0.2, -0.15) is 13.5 Å². The van der Waals surface area contributed by atoms with Crippen LogP contribution in [0.4, 0.5) is 11.4 Å². The molecule has 1 fully saturated rings. The standard InChI is InChI=1S/C23H25N5O2S/c1-15(2)16-9-11-18(12-10-16)25-23-26-22-20(7-4-8-21(22)31(29,30)27-23)17-13-24-28(14-17)19-5-3-6-19/h4,7-15,19H,3,5-6H2,1-2H3,(H2,25,26,27). The number of benzene rings is 2. The molecule has 0 atom stereocenters. The lowest BCUT2D eigenvalue weighted by Gasteiger charge is -2.25. The molecule has 0 unspecified atom stereocenters. The Bertz CT molecular complexity index is 1260. The molecule has 5 rings (SSSR count). The van der Waals surface area contributed by atoms with E-state index in [2.05, 4.69) is 34.0 Å². The van der Waals surface area contributed by atoms with Crippen LogP contribution in [0.3, 0.4) is 0 Å². The Morgan fingerprint density at radius 2 is 1.90 bits per heavy atom. The SMILES string of the molecule is CC(C)c1ccc(NC2=NS(=O)(=O)c3cccc(-c4cnn(C5CCC5)c4)c3N2)cc1. The van der Waals surface area contributed by atoms with Crippen LogP contribution in [0.25, 0.3) is 11.1 Å². The summed E-state index contributed by atoms with van der Waals surface area (Å²) in [5.74, 6) is 0.610. The number of nitrogens with one attached hydrogen (secondary N) is 2. The van der Waals surface area contributed by atoms with Gasteiger partial charge in [-0.15, -0.1) is 4.40 Å². The Morgan fingerprint density at radius 3 is 2.58 bits per heavy atom. The molecule has 3 aromatic rings. The van der Waals surface area contributed by atoms with Crippen molar-refractivity contribution in [3.63, 3.8) is 0 Å². The molecule has 1 aliphatic heterocycles. The number of hydrogen-bond donors (Lipinski definition) is 2. The lowest BCUT2D eigenvalue weighted by Crippen LogP contribution is -2.28. The number of para-hydroxylation sites is 1. The zero-order valence-corrected chi connectivity index (χ0v) is 18.4. The van der Waals surface area contributed by atoms with Gasteiger partial charge in [0.25, 0.3) is 10.0 Å². The number of aromatic nitrogens is 2. The fourth-order valence-corrected chi connectivity index (χ4v) is 5.00. The molecule has 1 aliphatic carbocycles. The Kier molecular flexibility index (Phi) is 4.81. The van der Waals surface area contributed by atoms with Crippen LogP contribution in [0.15, 0.2) is 64.2 Å². The van der Waals surface area contributed by atoms with Crippen molar-refractivity contribution in [3.8, 4) is 11.1 Å². The zero-order valence-electron chi connectivity index (χ0n) is 17.5. The van der Waals surface area contributed by atoms with E-state index in [4.69, 9.17) is 0 Å². The summed E-state index contributed by atoms with van der Waals surface area (Å²) in [5.41, 5.74) is 4.18. The Balaban J connectivity index is 1.47. The highest BCUT2D eigenvalue weighted by atomic mass is 32.2. The molecule has 8 heteroatoms. The Labute approximate surface area is 182 Å². The van der Waals surface area contributed by atoms with Gasteiger partial charge in [-0.05, 0) is 48.9 Å². The largest absolute Gasteiger partial charge is 0.325 e. The highest BCUT2D eigenvalue weighted by Crippen LogP contribution is 2.38. The molecule has 160 valence electrons. The van der Waals surface area contributed by atoms with E-state index >= 15 is 0 Å².